The number of esters is 1. The summed E-state index contributed by atoms with van der Waals surface area (Å²) in [7, 11) is 0. The average Bonchev–Trinajstić information content (AvgIpc) is 1.58. The van der Waals surface area contributed by atoms with Crippen molar-refractivity contribution in [2.45, 2.75) is 208 Å². The molecule has 2 aromatic carbocycles. The molecule has 0 unspecified atom stereocenters. The van der Waals surface area contributed by atoms with E-state index in [1.54, 1.807) is 6.92 Å². The van der Waals surface area contributed by atoms with E-state index >= 15 is 0 Å². The molecule has 29 heteroatoms. The van der Waals surface area contributed by atoms with Gasteiger partial charge in [-0.3, -0.25) is 29.7 Å². The minimum Gasteiger partial charge on any atom is -1.00 e. The summed E-state index contributed by atoms with van der Waals surface area (Å²) in [6, 6.07) is 18.9. The van der Waals surface area contributed by atoms with Crippen LogP contribution in [0.4, 0.5) is 9.59 Å². The number of carbonyl (C=O) groups excluding carboxylic acids is 7. The molecule has 26 nitrogen and oxygen atoms in total. The molecule has 4 aliphatic heterocycles. The molecule has 0 radical (unpaired) electrons. The Balaban J connectivity index is 0.000000214. The Bertz CT molecular complexity index is 4050. The Kier molecular flexibility index (Phi) is 25.6. The number of rotatable bonds is 13. The fourth-order valence-electron chi connectivity index (χ4n) is 14.8. The summed E-state index contributed by atoms with van der Waals surface area (Å²) in [4.78, 5) is 133. The van der Waals surface area contributed by atoms with Gasteiger partial charge >= 0.3 is 43.0 Å². The number of allylic oxidation sites excluding steroid dienone is 2. The van der Waals surface area contributed by atoms with Crippen molar-refractivity contribution in [3.8, 4) is 32.9 Å². The van der Waals surface area contributed by atoms with Crippen LogP contribution in [-0.2, 0) is 43.0 Å². The fraction of sp³-hybridized carbons (Fsp3) is 0.514. The van der Waals surface area contributed by atoms with Gasteiger partial charge in [0.05, 0.1) is 51.5 Å². The summed E-state index contributed by atoms with van der Waals surface area (Å²) >= 11 is 3.01. The molecule has 8 aliphatic rings. The van der Waals surface area contributed by atoms with E-state index in [2.05, 4.69) is 27.3 Å². The zero-order chi connectivity index (χ0) is 71.3. The third-order valence-electron chi connectivity index (χ3n) is 20.4. The van der Waals surface area contributed by atoms with Crippen LogP contribution in [0.5, 0.6) is 11.8 Å². The topological polar surface area (TPSA) is 350 Å². The summed E-state index contributed by atoms with van der Waals surface area (Å²) in [5.41, 5.74) is 1.23. The van der Waals surface area contributed by atoms with E-state index in [9.17, 15) is 43.5 Å². The van der Waals surface area contributed by atoms with Crippen LogP contribution in [-0.4, -0.2) is 172 Å². The van der Waals surface area contributed by atoms with E-state index in [-0.39, 0.29) is 89.2 Å². The molecular formula is C74H89LiN10O16S2. The number of para-hydroxylation sites is 4. The largest absolute Gasteiger partial charge is 1.00 e. The molecule has 0 spiro atoms. The predicted molar refractivity (Wildman–Crippen MR) is 379 cm³/mol. The van der Waals surface area contributed by atoms with E-state index in [0.717, 1.165) is 105 Å². The zero-order valence-corrected chi connectivity index (χ0v) is 59.6. The maximum Gasteiger partial charge on any atom is 1.00 e. The van der Waals surface area contributed by atoms with E-state index in [1.165, 1.54) is 32.5 Å². The van der Waals surface area contributed by atoms with Crippen molar-refractivity contribution in [1.82, 2.24) is 51.0 Å². The quantitative estimate of drug-likeness (QED) is 0.0143. The van der Waals surface area contributed by atoms with E-state index in [1.807, 2.05) is 102 Å². The number of aliphatic carboxylic acids is 1. The molecule has 2 saturated heterocycles. The summed E-state index contributed by atoms with van der Waals surface area (Å²) in [5.74, 6) is -3.39. The Labute approximate surface area is 618 Å². The zero-order valence-electron chi connectivity index (χ0n) is 59.0. The molecule has 4 aromatic heterocycles. The number of alkyl carbamates (subject to hydrolysis) is 2. The maximum absolute atomic E-state index is 14.5. The van der Waals surface area contributed by atoms with Gasteiger partial charge in [-0.2, -0.15) is 0 Å². The van der Waals surface area contributed by atoms with Crippen molar-refractivity contribution in [1.29, 1.82) is 0 Å². The van der Waals surface area contributed by atoms with Gasteiger partial charge in [0.25, 0.3) is 0 Å². The van der Waals surface area contributed by atoms with Crippen LogP contribution in [0, 0.1) is 11.8 Å². The predicted octanol–water partition coefficient (Wildman–Crippen LogP) is 8.06. The van der Waals surface area contributed by atoms with Gasteiger partial charge in [0.1, 0.15) is 71.0 Å². The van der Waals surface area contributed by atoms with E-state index in [0.29, 0.717) is 65.9 Å². The number of ether oxygens (including phenoxy) is 5. The molecule has 10 atom stereocenters. The van der Waals surface area contributed by atoms with E-state index < -0.39 is 95.2 Å². The first-order valence-corrected chi connectivity index (χ1v) is 37.5. The number of carboxylic acids is 1. The number of nitrogens with zero attached hydrogens (tertiary/aromatic N) is 6. The van der Waals surface area contributed by atoms with Gasteiger partial charge in [-0.15, -0.1) is 22.7 Å². The number of thiophene rings is 2. The Morgan fingerprint density at radius 1 is 0.553 bits per heavy atom. The monoisotopic (exact) mass is 1440 g/mol. The SMILES string of the molecule is CCOC(=O)[C@@]12C[C@H]1/C=C\CCCCC[C@H](NC(=O)OC1CCCC1)C(=O)N1C[C@H](Oc3nc4ccccc4nc3-c3cccs3)C[C@H]1C(=O)N2.O=C(N[C@H]1CCCCC/C=C\[C@@H]2C[C@@]2(C(=O)O)NC(=O)[C@@H]2C[C@@H](Oc3nc4ccccc4nc3-c3cccs3)CN2C1=O)OC1CCCC1.OO.[H-].[Li+]. The van der Waals surface area contributed by atoms with Crippen LogP contribution in [0.25, 0.3) is 43.2 Å². The number of aromatic nitrogens is 4. The molecule has 4 saturated carbocycles. The second-order valence-corrected chi connectivity index (χ2v) is 29.3. The smallest absolute Gasteiger partial charge is 1.00 e. The first kappa shape index (κ1) is 75.6. The van der Waals surface area contributed by atoms with Crippen molar-refractivity contribution >= 4 is 92.5 Å². The van der Waals surface area contributed by atoms with Crippen LogP contribution in [0.1, 0.15) is 150 Å². The molecule has 4 aliphatic carbocycles. The number of nitrogens with one attached hydrogen (secondary N) is 4. The number of carbonyl (C=O) groups is 8. The van der Waals surface area contributed by atoms with Gasteiger partial charge in [-0.1, -0.05) is 86.4 Å². The number of benzene rings is 2. The van der Waals surface area contributed by atoms with Crippen molar-refractivity contribution in [3.05, 3.63) is 108 Å². The number of hydrogen-bond donors (Lipinski definition) is 7. The van der Waals surface area contributed by atoms with Gasteiger partial charge in [-0.05, 0) is 157 Å². The summed E-state index contributed by atoms with van der Waals surface area (Å²) < 4.78 is 29.9. The van der Waals surface area contributed by atoms with Crippen LogP contribution in [0.15, 0.2) is 108 Å². The minimum atomic E-state index is -1.43. The molecule has 6 aromatic rings. The molecule has 0 bridgehead atoms. The third-order valence-corrected chi connectivity index (χ3v) is 22.1. The molecule has 544 valence electrons. The Hall–Kier alpha value is -8.52. The second kappa shape index (κ2) is 34.8. The number of hydrogen-bond acceptors (Lipinski definition) is 21. The number of carboxylic acid groups (broad SMARTS) is 1. The number of amides is 6. The average molecular weight is 1450 g/mol. The van der Waals surface area contributed by atoms with Gasteiger partial charge < -0.3 is 61.3 Å². The van der Waals surface area contributed by atoms with Crippen molar-refractivity contribution in [2.24, 2.45) is 11.8 Å². The third kappa shape index (κ3) is 18.0. The van der Waals surface area contributed by atoms with Crippen molar-refractivity contribution < 1.29 is 97.9 Å². The second-order valence-electron chi connectivity index (χ2n) is 27.4. The summed E-state index contributed by atoms with van der Waals surface area (Å²) in [6.45, 7) is 2.02. The first-order chi connectivity index (χ1) is 49.6. The van der Waals surface area contributed by atoms with Crippen LogP contribution in [0.2, 0.25) is 0 Å². The van der Waals surface area contributed by atoms with Crippen molar-refractivity contribution in [3.63, 3.8) is 0 Å². The maximum atomic E-state index is 14.5. The van der Waals surface area contributed by atoms with E-state index in [4.69, 9.17) is 54.1 Å². The van der Waals surface area contributed by atoms with Crippen LogP contribution in [0.3, 0.4) is 0 Å². The molecule has 8 heterocycles. The summed E-state index contributed by atoms with van der Waals surface area (Å²) in [6.07, 6.45) is 20.3. The van der Waals surface area contributed by atoms with Gasteiger partial charge in [-0.25, -0.2) is 39.1 Å². The standard InChI is InChI=1S/C38H45N5O7S.C36H41N5O7S.Li.H2O2.H/c1-2-48-36(46)38-22-24(38)13-6-4-3-5-7-18-29(41-37(47)50-25-14-8-9-15-25)35(45)43-23-26(21-30(43)33(44)42-38)49-34-32(31-19-12-20-51-31)39-27-16-10-11-17-28(27)40-34;42-31-28-19-24(47-32-30(29-17-10-18-49-29)37-25-14-8-9-15-26(25)38-32)21-41(28)33(43)27(39-35(46)48-23-12-6-7-13-23)16-5-3-1-2-4-11-22-20-36(22,40-31)34(44)45;;1-2;/h6,10-13,16-17,19-20,24-26,29-30H,2-5,7-9,14-15,18,21-23H2,1H3,(H,41,47)(H,42,44);4,8-11,14-15,17-18,22-24,27-28H,1-3,5-7,12-13,16,19-21H2,(H,39,46)(H,40,42)(H,44,45);;1-2H;/q;;+1;;-1/b13-6-;11-4-;;;/t24-,26-,29+,30+,38-;22-,24-,27+,28+,36-;;;/m11.../s1. The first-order valence-electron chi connectivity index (χ1n) is 35.7. The van der Waals surface area contributed by atoms with Gasteiger partial charge in [0.2, 0.25) is 35.4 Å². The Morgan fingerprint density at radius 3 is 1.38 bits per heavy atom. The molecule has 103 heavy (non-hydrogen) atoms. The minimum absolute atomic E-state index is 0. The van der Waals surface area contributed by atoms with Crippen molar-refractivity contribution in [2.75, 3.05) is 19.7 Å². The van der Waals surface area contributed by atoms with Crippen LogP contribution < -0.4 is 49.6 Å². The van der Waals surface area contributed by atoms with Gasteiger partial charge in [0.15, 0.2) is 0 Å². The van der Waals surface area contributed by atoms with Crippen LogP contribution >= 0.6 is 22.7 Å². The number of fused-ring (bicyclic) bond motifs is 6. The molecular weight excluding hydrogens is 1360 g/mol. The molecule has 6 fully saturated rings. The fourth-order valence-corrected chi connectivity index (χ4v) is 16.2. The molecule has 7 N–H and O–H groups in total. The molecule has 6 amide bonds. The Morgan fingerprint density at radius 2 is 0.961 bits per heavy atom. The summed E-state index contributed by atoms with van der Waals surface area (Å²) in [5, 5.41) is 37.6. The van der Waals surface area contributed by atoms with Gasteiger partial charge in [0, 0.05) is 24.7 Å². The normalized spacial score (nSPS) is 27.3. The molecule has 14 rings (SSSR count).